The van der Waals surface area contributed by atoms with Crippen LogP contribution in [0.3, 0.4) is 0 Å². The Bertz CT molecular complexity index is 991. The van der Waals surface area contributed by atoms with Crippen molar-refractivity contribution in [1.82, 2.24) is 26.3 Å². The molecule has 2 aliphatic heterocycles. The largest absolute Gasteiger partial charge is 0.547 e. The van der Waals surface area contributed by atoms with Gasteiger partial charge in [-0.25, -0.2) is 15.1 Å². The maximum absolute atomic E-state index is 12.6. The minimum atomic E-state index is -1.40. The first-order valence-corrected chi connectivity index (χ1v) is 11.4. The fourth-order valence-electron chi connectivity index (χ4n) is 3.44. The van der Waals surface area contributed by atoms with E-state index < -0.39 is 32.0 Å². The van der Waals surface area contributed by atoms with Crippen LogP contribution in [0.2, 0.25) is 0 Å². The van der Waals surface area contributed by atoms with Crippen LogP contribution in [0.15, 0.2) is 23.3 Å². The van der Waals surface area contributed by atoms with Crippen molar-refractivity contribution in [3.63, 3.8) is 0 Å². The second kappa shape index (κ2) is 12.4. The first-order chi connectivity index (χ1) is 17.1. The van der Waals surface area contributed by atoms with Crippen LogP contribution in [0, 0.1) is 0 Å². The van der Waals surface area contributed by atoms with Gasteiger partial charge in [-0.15, -0.1) is 10.6 Å². The molecule has 1 atom stereocenters. The molecule has 1 aromatic rings. The quantitative estimate of drug-likeness (QED) is 0.181. The van der Waals surface area contributed by atoms with Crippen molar-refractivity contribution in [2.75, 3.05) is 34.0 Å². The Hall–Kier alpha value is -3.56. The minimum Gasteiger partial charge on any atom is -0.534 e. The lowest BCUT2D eigenvalue weighted by Crippen LogP contribution is -2.54. The average molecular weight is 506 g/mol. The third-order valence-corrected chi connectivity index (χ3v) is 5.16. The van der Waals surface area contributed by atoms with Crippen molar-refractivity contribution in [1.29, 1.82) is 0 Å². The van der Waals surface area contributed by atoms with Gasteiger partial charge in [0, 0.05) is 6.54 Å². The third-order valence-electron chi connectivity index (χ3n) is 5.16. The summed E-state index contributed by atoms with van der Waals surface area (Å²) in [5.74, 6) is -1.27. The number of hydrogen-bond acceptors (Lipinski definition) is 13. The van der Waals surface area contributed by atoms with E-state index in [9.17, 15) is 19.4 Å². The van der Waals surface area contributed by atoms with Crippen LogP contribution in [0.1, 0.15) is 36.2 Å². The summed E-state index contributed by atoms with van der Waals surface area (Å²) in [6.45, 7) is 4.02. The zero-order chi connectivity index (χ0) is 26.2. The number of amidine groups is 1. The topological polar surface area (TPSA) is 163 Å². The molecule has 14 nitrogen and oxygen atoms in total. The number of benzene rings is 1. The van der Waals surface area contributed by atoms with E-state index >= 15 is 0 Å². The molecule has 0 saturated heterocycles. The molecule has 0 radical (unpaired) electrons. The van der Waals surface area contributed by atoms with E-state index in [0.717, 1.165) is 6.54 Å². The molecule has 0 aromatic heterocycles. The van der Waals surface area contributed by atoms with Gasteiger partial charge >= 0.3 is 19.2 Å². The molecule has 2 aliphatic rings. The highest BCUT2D eigenvalue weighted by Crippen LogP contribution is 2.30. The summed E-state index contributed by atoms with van der Waals surface area (Å²) in [5, 5.41) is 19.1. The molecule has 196 valence electrons. The number of hydrazone groups is 1. The van der Waals surface area contributed by atoms with Crippen LogP contribution in [0.5, 0.6) is 5.75 Å². The molecule has 0 aliphatic carbocycles. The number of ether oxygens (including phenoxy) is 3. The lowest BCUT2D eigenvalue weighted by molar-refractivity contribution is -0.120. The Morgan fingerprint density at radius 2 is 2.11 bits per heavy atom. The van der Waals surface area contributed by atoms with Gasteiger partial charge in [0.2, 0.25) is 12.7 Å². The Balaban J connectivity index is 1.55. The van der Waals surface area contributed by atoms with Crippen molar-refractivity contribution in [2.45, 2.75) is 38.7 Å². The molecule has 15 heteroatoms. The van der Waals surface area contributed by atoms with Crippen LogP contribution in [0.25, 0.3) is 0 Å². The number of hydrogen-bond donors (Lipinski definition) is 4. The highest BCUT2D eigenvalue weighted by Gasteiger charge is 2.38. The van der Waals surface area contributed by atoms with E-state index in [0.29, 0.717) is 17.9 Å². The number of nitrogens with one attached hydrogen (secondary N) is 3. The molecular formula is C21H31BN6O8. The van der Waals surface area contributed by atoms with Crippen molar-refractivity contribution in [3.8, 4) is 5.75 Å². The van der Waals surface area contributed by atoms with Crippen LogP contribution in [0.4, 0.5) is 4.79 Å². The number of esters is 1. The average Bonchev–Trinajstić information content (AvgIpc) is 3.23. The summed E-state index contributed by atoms with van der Waals surface area (Å²) in [7, 11) is 2.48. The number of fused-ring (bicyclic) bond motifs is 1. The van der Waals surface area contributed by atoms with Crippen LogP contribution in [-0.4, -0.2) is 91.9 Å². The second-order valence-electron chi connectivity index (χ2n) is 8.67. The monoisotopic (exact) mass is 506 g/mol. The van der Waals surface area contributed by atoms with Crippen LogP contribution < -0.4 is 21.0 Å². The zero-order valence-corrected chi connectivity index (χ0v) is 20.6. The Morgan fingerprint density at radius 3 is 2.83 bits per heavy atom. The minimum absolute atomic E-state index is 0.0187. The van der Waals surface area contributed by atoms with Gasteiger partial charge in [-0.2, -0.15) is 0 Å². The highest BCUT2D eigenvalue weighted by atomic mass is 16.8. The van der Waals surface area contributed by atoms with Gasteiger partial charge in [0.1, 0.15) is 11.3 Å². The standard InChI is InChI=1S/C21H31BN6O8/c1-13(2)35-21(31)34-12-33-20(30)15-7-5-6-14-10-16(22(32)36-19(14)15)23-18(29)11-17-24-25-26-28(17)9-8-27(3)4/h5-7,13,16,25-26,32H,8-12H2,1-4H3,(H,23,29)/t16-/m0/s1. The second-order valence-corrected chi connectivity index (χ2v) is 8.67. The number of carbonyl (C=O) groups is 3. The number of amides is 1. The number of para-hydroxylation sites is 1. The summed E-state index contributed by atoms with van der Waals surface area (Å²) in [6, 6.07) is 4.79. The third kappa shape index (κ3) is 7.47. The molecule has 0 fully saturated rings. The first-order valence-electron chi connectivity index (χ1n) is 11.4. The van der Waals surface area contributed by atoms with Crippen LogP contribution in [-0.2, 0) is 25.4 Å². The Labute approximate surface area is 208 Å². The summed E-state index contributed by atoms with van der Waals surface area (Å²) < 4.78 is 20.0. The normalized spacial score (nSPS) is 16.6. The molecule has 0 spiro atoms. The molecular weight excluding hydrogens is 475 g/mol. The number of hydrazine groups is 2. The summed E-state index contributed by atoms with van der Waals surface area (Å²) >= 11 is 0. The van der Waals surface area contributed by atoms with Gasteiger partial charge in [0.15, 0.2) is 5.84 Å². The summed E-state index contributed by atoms with van der Waals surface area (Å²) in [5.41, 5.74) is 6.13. The zero-order valence-electron chi connectivity index (χ0n) is 20.6. The van der Waals surface area contributed by atoms with Crippen molar-refractivity contribution >= 4 is 31.0 Å². The number of likely N-dealkylation sites (N-methyl/N-ethyl adjacent to an activating group) is 1. The van der Waals surface area contributed by atoms with E-state index in [4.69, 9.17) is 18.9 Å². The fraction of sp³-hybridized carbons (Fsp3) is 0.524. The predicted molar refractivity (Wildman–Crippen MR) is 127 cm³/mol. The van der Waals surface area contributed by atoms with Gasteiger partial charge in [0.05, 0.1) is 25.0 Å². The lowest BCUT2D eigenvalue weighted by Gasteiger charge is -2.29. The van der Waals surface area contributed by atoms with Crippen molar-refractivity contribution < 1.29 is 38.3 Å². The molecule has 1 aromatic carbocycles. The van der Waals surface area contributed by atoms with E-state index in [2.05, 4.69) is 21.5 Å². The van der Waals surface area contributed by atoms with Gasteiger partial charge in [0.25, 0.3) is 0 Å². The molecule has 2 heterocycles. The predicted octanol–water partition coefficient (Wildman–Crippen LogP) is -0.608. The first kappa shape index (κ1) is 27.0. The fourth-order valence-corrected chi connectivity index (χ4v) is 3.44. The molecule has 36 heavy (non-hydrogen) atoms. The SMILES string of the molecule is CC(C)OC(=O)OCOC(=O)c1cccc2c1OB(O)[C@@H](NC(=O)CC1=NNNN1CCN(C)C)C2. The van der Waals surface area contributed by atoms with Crippen molar-refractivity contribution in [3.05, 3.63) is 29.3 Å². The van der Waals surface area contributed by atoms with Gasteiger partial charge < -0.3 is 34.1 Å². The molecule has 3 rings (SSSR count). The van der Waals surface area contributed by atoms with E-state index in [-0.39, 0.29) is 36.2 Å². The van der Waals surface area contributed by atoms with Crippen LogP contribution >= 0.6 is 0 Å². The molecule has 4 N–H and O–H groups in total. The lowest BCUT2D eigenvalue weighted by atomic mass is 9.72. The Kier molecular flexibility index (Phi) is 9.33. The number of rotatable bonds is 10. The van der Waals surface area contributed by atoms with Gasteiger partial charge in [-0.05, 0) is 46.0 Å². The van der Waals surface area contributed by atoms with E-state index in [1.165, 1.54) is 6.07 Å². The smallest absolute Gasteiger partial charge is 0.534 e. The summed E-state index contributed by atoms with van der Waals surface area (Å²) in [6.07, 6.45) is -1.14. The highest BCUT2D eigenvalue weighted by molar-refractivity contribution is 6.47. The molecule has 0 unspecified atom stereocenters. The maximum Gasteiger partial charge on any atom is 0.547 e. The molecule has 1 amide bonds. The van der Waals surface area contributed by atoms with Gasteiger partial charge in [-0.3, -0.25) is 9.80 Å². The molecule has 0 saturated carbocycles. The molecule has 0 bridgehead atoms. The summed E-state index contributed by atoms with van der Waals surface area (Å²) in [4.78, 5) is 38.5. The van der Waals surface area contributed by atoms with Crippen molar-refractivity contribution in [2.24, 2.45) is 5.10 Å². The van der Waals surface area contributed by atoms with E-state index in [1.54, 1.807) is 31.0 Å². The Morgan fingerprint density at radius 1 is 1.33 bits per heavy atom. The van der Waals surface area contributed by atoms with Gasteiger partial charge in [-0.1, -0.05) is 12.1 Å². The van der Waals surface area contributed by atoms with E-state index in [1.807, 2.05) is 19.0 Å². The maximum atomic E-state index is 12.6. The number of carbonyl (C=O) groups excluding carboxylic acids is 3. The number of nitrogens with zero attached hydrogens (tertiary/aromatic N) is 3.